The molecular formula is C18H20ClN3O2. The molecule has 1 aromatic carbocycles. The molecule has 24 heavy (non-hydrogen) atoms. The monoisotopic (exact) mass is 345 g/mol. The van der Waals surface area contributed by atoms with Crippen LogP contribution in [-0.4, -0.2) is 33.0 Å². The zero-order valence-corrected chi connectivity index (χ0v) is 15.0. The van der Waals surface area contributed by atoms with Crippen molar-refractivity contribution in [3.8, 4) is 6.07 Å². The molecule has 1 aliphatic heterocycles. The number of benzene rings is 1. The van der Waals surface area contributed by atoms with Crippen LogP contribution in [-0.2, 0) is 0 Å². The third-order valence-electron chi connectivity index (χ3n) is 4.42. The van der Waals surface area contributed by atoms with E-state index in [2.05, 4.69) is 11.1 Å². The van der Waals surface area contributed by atoms with Crippen molar-refractivity contribution in [2.45, 2.75) is 50.9 Å². The number of halogens is 1. The van der Waals surface area contributed by atoms with Gasteiger partial charge in [0.25, 0.3) is 11.8 Å². The van der Waals surface area contributed by atoms with E-state index in [4.69, 9.17) is 11.6 Å². The minimum absolute atomic E-state index is 0.128. The van der Waals surface area contributed by atoms with Crippen molar-refractivity contribution in [2.24, 2.45) is 4.99 Å². The van der Waals surface area contributed by atoms with E-state index in [1.807, 2.05) is 13.8 Å². The number of alkyl halides is 1. The molecule has 0 N–H and O–H groups in total. The number of carbonyl (C=O) groups is 2. The van der Waals surface area contributed by atoms with Gasteiger partial charge in [-0.3, -0.25) is 9.59 Å². The van der Waals surface area contributed by atoms with Gasteiger partial charge in [0.1, 0.15) is 11.4 Å². The molecule has 0 saturated heterocycles. The van der Waals surface area contributed by atoms with Crippen molar-refractivity contribution in [3.63, 3.8) is 0 Å². The van der Waals surface area contributed by atoms with Gasteiger partial charge in [-0.05, 0) is 38.8 Å². The number of amides is 2. The highest BCUT2D eigenvalue weighted by molar-refractivity contribution is 6.41. The van der Waals surface area contributed by atoms with Crippen molar-refractivity contribution in [1.82, 2.24) is 4.90 Å². The van der Waals surface area contributed by atoms with Crippen LogP contribution < -0.4 is 0 Å². The Morgan fingerprint density at radius 3 is 2.04 bits per heavy atom. The lowest BCUT2D eigenvalue weighted by Crippen LogP contribution is -2.48. The Balaban J connectivity index is 2.64. The van der Waals surface area contributed by atoms with E-state index in [1.165, 1.54) is 0 Å². The molecule has 2 atom stereocenters. The van der Waals surface area contributed by atoms with Crippen LogP contribution in [0, 0.1) is 11.3 Å². The number of rotatable bonds is 4. The summed E-state index contributed by atoms with van der Waals surface area (Å²) < 4.78 is 0. The minimum Gasteiger partial charge on any atom is -0.268 e. The average molecular weight is 346 g/mol. The molecule has 1 aliphatic rings. The third-order valence-corrected chi connectivity index (χ3v) is 4.85. The molecule has 0 fully saturated rings. The zero-order valence-electron chi connectivity index (χ0n) is 14.3. The van der Waals surface area contributed by atoms with E-state index in [1.54, 1.807) is 38.1 Å². The predicted octanol–water partition coefficient (Wildman–Crippen LogP) is 3.78. The quantitative estimate of drug-likeness (QED) is 0.361. The van der Waals surface area contributed by atoms with Crippen LogP contribution in [0.5, 0.6) is 0 Å². The molecule has 0 bridgehead atoms. The third kappa shape index (κ3) is 2.94. The first-order chi connectivity index (χ1) is 11.2. The van der Waals surface area contributed by atoms with E-state index in [0.29, 0.717) is 24.0 Å². The number of hydrogen-bond donors (Lipinski definition) is 0. The van der Waals surface area contributed by atoms with Gasteiger partial charge in [0, 0.05) is 0 Å². The van der Waals surface area contributed by atoms with Crippen LogP contribution in [0.4, 0.5) is 0 Å². The highest BCUT2D eigenvalue weighted by atomic mass is 35.5. The summed E-state index contributed by atoms with van der Waals surface area (Å²) in [7, 11) is 0. The number of nitriles is 1. The van der Waals surface area contributed by atoms with Crippen LogP contribution in [0.3, 0.4) is 0 Å². The van der Waals surface area contributed by atoms with Gasteiger partial charge in [-0.25, -0.2) is 9.89 Å². The number of aliphatic imine (C=N–C) groups is 1. The molecule has 0 saturated carbocycles. The topological polar surface area (TPSA) is 73.5 Å². The van der Waals surface area contributed by atoms with Gasteiger partial charge in [0.2, 0.25) is 0 Å². The standard InChI is InChI=1S/C18H20ClN3O2/c1-5-17(3,11-20)21-16(18(4,19)6-2)22-14(23)12-9-7-8-10-13(12)15(22)24/h7-10H,5-6H2,1-4H3/t17-,18-/m1/s1. The summed E-state index contributed by atoms with van der Waals surface area (Å²) in [6.45, 7) is 7.03. The highest BCUT2D eigenvalue weighted by Crippen LogP contribution is 2.32. The zero-order chi connectivity index (χ0) is 18.1. The van der Waals surface area contributed by atoms with Crippen LogP contribution in [0.2, 0.25) is 0 Å². The summed E-state index contributed by atoms with van der Waals surface area (Å²) in [6, 6.07) is 8.75. The van der Waals surface area contributed by atoms with Gasteiger partial charge >= 0.3 is 0 Å². The Kier molecular flexibility index (Phi) is 4.82. The van der Waals surface area contributed by atoms with Gasteiger partial charge in [0.05, 0.1) is 22.1 Å². The van der Waals surface area contributed by atoms with Gasteiger partial charge in [0.15, 0.2) is 0 Å². The lowest BCUT2D eigenvalue weighted by Gasteiger charge is -2.30. The van der Waals surface area contributed by atoms with E-state index in [9.17, 15) is 14.9 Å². The molecule has 0 spiro atoms. The van der Waals surface area contributed by atoms with Gasteiger partial charge in [-0.1, -0.05) is 26.0 Å². The van der Waals surface area contributed by atoms with Crippen molar-refractivity contribution >= 4 is 29.3 Å². The first-order valence-corrected chi connectivity index (χ1v) is 8.27. The molecule has 0 radical (unpaired) electrons. The number of carbonyl (C=O) groups excluding carboxylic acids is 2. The lowest BCUT2D eigenvalue weighted by molar-refractivity contribution is 0.0742. The normalized spacial score (nSPS) is 19.5. The molecule has 0 unspecified atom stereocenters. The second-order valence-corrected chi connectivity index (χ2v) is 7.05. The van der Waals surface area contributed by atoms with Crippen LogP contribution >= 0.6 is 11.6 Å². The summed E-state index contributed by atoms with van der Waals surface area (Å²) in [5.41, 5.74) is -0.404. The maximum absolute atomic E-state index is 12.8. The molecule has 6 heteroatoms. The largest absolute Gasteiger partial charge is 0.268 e. The van der Waals surface area contributed by atoms with E-state index < -0.39 is 22.2 Å². The van der Waals surface area contributed by atoms with Crippen LogP contribution in [0.25, 0.3) is 0 Å². The van der Waals surface area contributed by atoms with Gasteiger partial charge < -0.3 is 0 Å². The second-order valence-electron chi connectivity index (χ2n) is 6.22. The van der Waals surface area contributed by atoms with Crippen LogP contribution in [0.15, 0.2) is 29.3 Å². The van der Waals surface area contributed by atoms with E-state index >= 15 is 0 Å². The number of hydrogen-bond acceptors (Lipinski definition) is 4. The number of amidine groups is 1. The first-order valence-electron chi connectivity index (χ1n) is 7.89. The molecule has 1 aromatic rings. The molecule has 0 aromatic heterocycles. The fraction of sp³-hybridized carbons (Fsp3) is 0.444. The number of nitrogens with zero attached hydrogens (tertiary/aromatic N) is 3. The fourth-order valence-electron chi connectivity index (χ4n) is 2.36. The van der Waals surface area contributed by atoms with Crippen LogP contribution in [0.1, 0.15) is 61.3 Å². The molecule has 2 rings (SSSR count). The van der Waals surface area contributed by atoms with Gasteiger partial charge in [-0.2, -0.15) is 5.26 Å². The van der Waals surface area contributed by atoms with Crippen molar-refractivity contribution in [1.29, 1.82) is 5.26 Å². The Morgan fingerprint density at radius 1 is 1.17 bits per heavy atom. The molecule has 126 valence electrons. The molecular weight excluding hydrogens is 326 g/mol. The average Bonchev–Trinajstić information content (AvgIpc) is 2.84. The fourth-order valence-corrected chi connectivity index (χ4v) is 2.48. The Bertz CT molecular complexity index is 729. The molecule has 0 aliphatic carbocycles. The lowest BCUT2D eigenvalue weighted by atomic mass is 9.99. The predicted molar refractivity (Wildman–Crippen MR) is 93.2 cm³/mol. The Labute approximate surface area is 146 Å². The maximum Gasteiger partial charge on any atom is 0.267 e. The van der Waals surface area contributed by atoms with Crippen molar-refractivity contribution in [2.75, 3.05) is 0 Å². The smallest absolute Gasteiger partial charge is 0.267 e. The molecule has 5 nitrogen and oxygen atoms in total. The Hall–Kier alpha value is -2.19. The summed E-state index contributed by atoms with van der Waals surface area (Å²) in [4.78, 5) is 30.0. The summed E-state index contributed by atoms with van der Waals surface area (Å²) in [5.74, 6) is -0.777. The van der Waals surface area contributed by atoms with Crippen molar-refractivity contribution < 1.29 is 9.59 Å². The minimum atomic E-state index is -1.06. The maximum atomic E-state index is 12.8. The number of imide groups is 1. The van der Waals surface area contributed by atoms with E-state index in [0.717, 1.165) is 4.90 Å². The Morgan fingerprint density at radius 2 is 1.67 bits per heavy atom. The number of fused-ring (bicyclic) bond motifs is 1. The molecule has 1 heterocycles. The first kappa shape index (κ1) is 18.2. The summed E-state index contributed by atoms with van der Waals surface area (Å²) in [6.07, 6.45) is 0.888. The van der Waals surface area contributed by atoms with Crippen molar-refractivity contribution in [3.05, 3.63) is 35.4 Å². The SMILES string of the molecule is CC[C@](C)(C#N)N=C(N1C(=O)c2ccccc2C1=O)[C@](C)(Cl)CC. The summed E-state index contributed by atoms with van der Waals surface area (Å²) >= 11 is 6.57. The highest BCUT2D eigenvalue weighted by Gasteiger charge is 2.45. The van der Waals surface area contributed by atoms with E-state index in [-0.39, 0.29) is 5.84 Å². The molecule has 2 amide bonds. The summed E-state index contributed by atoms with van der Waals surface area (Å²) in [5, 5.41) is 9.43. The van der Waals surface area contributed by atoms with Gasteiger partial charge in [-0.15, -0.1) is 11.6 Å². The second kappa shape index (κ2) is 6.37.